The predicted octanol–water partition coefficient (Wildman–Crippen LogP) is 3.61. The fraction of sp³-hybridized carbons (Fsp3) is 0.417. The zero-order valence-electron chi connectivity index (χ0n) is 10.0. The number of methoxy groups -OCH3 is 1. The van der Waals surface area contributed by atoms with E-state index >= 15 is 0 Å². The van der Waals surface area contributed by atoms with Crippen LogP contribution in [0.2, 0.25) is 0 Å². The minimum Gasteiger partial charge on any atom is -0.497 e. The van der Waals surface area contributed by atoms with Crippen molar-refractivity contribution in [3.63, 3.8) is 0 Å². The molecule has 2 aromatic rings. The minimum atomic E-state index is -2.45. The summed E-state index contributed by atoms with van der Waals surface area (Å²) in [6, 6.07) is 5.14. The normalized spacial score (nSPS) is 13.2. The van der Waals surface area contributed by atoms with Crippen molar-refractivity contribution in [1.82, 2.24) is 9.55 Å². The summed E-state index contributed by atoms with van der Waals surface area (Å²) in [5, 5.41) is -0.429. The average Bonchev–Trinajstić information content (AvgIpc) is 2.66. The van der Waals surface area contributed by atoms with Crippen molar-refractivity contribution in [2.45, 2.75) is 25.3 Å². The largest absolute Gasteiger partial charge is 0.497 e. The summed E-state index contributed by atoms with van der Waals surface area (Å²) >= 11 is 5.98. The van der Waals surface area contributed by atoms with Gasteiger partial charge in [-0.15, -0.1) is 11.6 Å². The molecule has 0 saturated heterocycles. The maximum absolute atomic E-state index is 12.6. The molecule has 3 nitrogen and oxygen atoms in total. The molecule has 0 N–H and O–H groups in total. The van der Waals surface area contributed by atoms with Crippen molar-refractivity contribution in [2.75, 3.05) is 7.11 Å². The molecule has 0 fully saturated rings. The Labute approximate surface area is 108 Å². The molecular weight excluding hydrogens is 262 g/mol. The highest BCUT2D eigenvalue weighted by atomic mass is 35.5. The van der Waals surface area contributed by atoms with Crippen molar-refractivity contribution in [2.24, 2.45) is 0 Å². The molecule has 6 heteroatoms. The van der Waals surface area contributed by atoms with Crippen LogP contribution in [0.4, 0.5) is 8.78 Å². The van der Waals surface area contributed by atoms with E-state index in [0.29, 0.717) is 22.6 Å². The van der Waals surface area contributed by atoms with Crippen molar-refractivity contribution >= 4 is 22.6 Å². The number of alkyl halides is 3. The maximum atomic E-state index is 12.6. The number of rotatable bonds is 4. The van der Waals surface area contributed by atoms with Crippen LogP contribution in [0.25, 0.3) is 11.0 Å². The van der Waals surface area contributed by atoms with Gasteiger partial charge in [-0.1, -0.05) is 0 Å². The summed E-state index contributed by atoms with van der Waals surface area (Å²) in [6.45, 7) is 1.30. The van der Waals surface area contributed by atoms with Crippen LogP contribution in [0.15, 0.2) is 18.2 Å². The second-order valence-electron chi connectivity index (χ2n) is 3.94. The lowest BCUT2D eigenvalue weighted by atomic mass is 10.3. The molecule has 98 valence electrons. The van der Waals surface area contributed by atoms with E-state index in [4.69, 9.17) is 16.3 Å². The fourth-order valence-electron chi connectivity index (χ4n) is 1.89. The van der Waals surface area contributed by atoms with Gasteiger partial charge in [0, 0.05) is 6.07 Å². The SMILES string of the molecule is COc1ccc2c(c1)nc(C(C)Cl)n2CC(F)F. The first-order valence-corrected chi connectivity index (χ1v) is 5.93. The Morgan fingerprint density at radius 2 is 2.17 bits per heavy atom. The molecule has 2 rings (SSSR count). The standard InChI is InChI=1S/C12H13ClF2N2O/c1-7(13)12-16-9-5-8(18-2)3-4-10(9)17(12)6-11(14)15/h3-5,7,11H,6H2,1-2H3. The Bertz CT molecular complexity index is 554. The van der Waals surface area contributed by atoms with Crippen molar-refractivity contribution in [1.29, 1.82) is 0 Å². The fourth-order valence-corrected chi connectivity index (χ4v) is 2.06. The van der Waals surface area contributed by atoms with E-state index in [0.717, 1.165) is 0 Å². The Kier molecular flexibility index (Phi) is 3.71. The molecule has 1 aromatic heterocycles. The zero-order valence-corrected chi connectivity index (χ0v) is 10.8. The number of imidazole rings is 1. The van der Waals surface area contributed by atoms with E-state index in [2.05, 4.69) is 4.98 Å². The molecule has 18 heavy (non-hydrogen) atoms. The van der Waals surface area contributed by atoms with Gasteiger partial charge in [0.1, 0.15) is 11.6 Å². The Morgan fingerprint density at radius 1 is 1.44 bits per heavy atom. The lowest BCUT2D eigenvalue weighted by Crippen LogP contribution is -2.10. The first-order chi connectivity index (χ1) is 8.52. The number of aromatic nitrogens is 2. The molecule has 1 unspecified atom stereocenters. The van der Waals surface area contributed by atoms with Gasteiger partial charge in [-0.3, -0.25) is 0 Å². The number of ether oxygens (including phenoxy) is 1. The molecule has 0 aliphatic carbocycles. The van der Waals surface area contributed by atoms with Crippen LogP contribution < -0.4 is 4.74 Å². The summed E-state index contributed by atoms with van der Waals surface area (Å²) in [6.07, 6.45) is -2.45. The topological polar surface area (TPSA) is 27.1 Å². The van der Waals surface area contributed by atoms with Crippen LogP contribution in [0.3, 0.4) is 0 Å². The van der Waals surface area contributed by atoms with Crippen LogP contribution in [0, 0.1) is 0 Å². The van der Waals surface area contributed by atoms with E-state index in [1.807, 2.05) is 0 Å². The summed E-state index contributed by atoms with van der Waals surface area (Å²) in [5.74, 6) is 1.08. The Morgan fingerprint density at radius 3 is 2.72 bits per heavy atom. The molecule has 0 aliphatic rings. The molecule has 0 aliphatic heterocycles. The Hall–Kier alpha value is -1.36. The third kappa shape index (κ3) is 2.41. The molecule has 0 bridgehead atoms. The first kappa shape index (κ1) is 13.1. The number of nitrogens with zero attached hydrogens (tertiary/aromatic N) is 2. The summed E-state index contributed by atoms with van der Waals surface area (Å²) in [7, 11) is 1.54. The van der Waals surface area contributed by atoms with Gasteiger partial charge in [-0.2, -0.15) is 0 Å². The van der Waals surface area contributed by atoms with Gasteiger partial charge >= 0.3 is 0 Å². The minimum absolute atomic E-state index is 0.408. The smallest absolute Gasteiger partial charge is 0.256 e. The Balaban J connectivity index is 2.59. The highest BCUT2D eigenvalue weighted by Gasteiger charge is 2.18. The van der Waals surface area contributed by atoms with Crippen LogP contribution in [0.5, 0.6) is 5.75 Å². The van der Waals surface area contributed by atoms with Crippen molar-refractivity contribution in [3.05, 3.63) is 24.0 Å². The summed E-state index contributed by atoms with van der Waals surface area (Å²) in [5.41, 5.74) is 1.25. The van der Waals surface area contributed by atoms with Crippen molar-refractivity contribution < 1.29 is 13.5 Å². The number of hydrogen-bond donors (Lipinski definition) is 0. The summed E-state index contributed by atoms with van der Waals surface area (Å²) < 4.78 is 31.7. The third-order valence-electron chi connectivity index (χ3n) is 2.66. The predicted molar refractivity (Wildman–Crippen MR) is 66.6 cm³/mol. The highest BCUT2D eigenvalue weighted by molar-refractivity contribution is 6.20. The zero-order chi connectivity index (χ0) is 13.3. The van der Waals surface area contributed by atoms with Gasteiger partial charge in [-0.05, 0) is 19.1 Å². The lowest BCUT2D eigenvalue weighted by Gasteiger charge is -2.09. The van der Waals surface area contributed by atoms with Gasteiger partial charge in [0.2, 0.25) is 0 Å². The molecule has 1 heterocycles. The van der Waals surface area contributed by atoms with Crippen LogP contribution in [-0.4, -0.2) is 23.1 Å². The highest BCUT2D eigenvalue weighted by Crippen LogP contribution is 2.27. The molecule has 1 atom stereocenters. The monoisotopic (exact) mass is 274 g/mol. The number of fused-ring (bicyclic) bond motifs is 1. The van der Waals surface area contributed by atoms with Crippen LogP contribution in [-0.2, 0) is 6.54 Å². The van der Waals surface area contributed by atoms with E-state index < -0.39 is 18.3 Å². The second kappa shape index (κ2) is 5.10. The third-order valence-corrected chi connectivity index (χ3v) is 2.86. The van der Waals surface area contributed by atoms with Gasteiger partial charge in [-0.25, -0.2) is 13.8 Å². The number of halogens is 3. The molecule has 1 aromatic carbocycles. The molecule has 0 radical (unpaired) electrons. The molecule has 0 amide bonds. The van der Waals surface area contributed by atoms with Gasteiger partial charge in [0.15, 0.2) is 0 Å². The molecular formula is C12H13ClF2N2O. The molecule has 0 saturated carbocycles. The van der Waals surface area contributed by atoms with E-state index in [9.17, 15) is 8.78 Å². The van der Waals surface area contributed by atoms with Crippen LogP contribution >= 0.6 is 11.6 Å². The van der Waals surface area contributed by atoms with Gasteiger partial charge in [0.05, 0.1) is 30.1 Å². The lowest BCUT2D eigenvalue weighted by molar-refractivity contribution is 0.127. The van der Waals surface area contributed by atoms with Crippen LogP contribution in [0.1, 0.15) is 18.1 Å². The van der Waals surface area contributed by atoms with Crippen molar-refractivity contribution in [3.8, 4) is 5.75 Å². The van der Waals surface area contributed by atoms with Gasteiger partial charge in [0.25, 0.3) is 6.43 Å². The maximum Gasteiger partial charge on any atom is 0.256 e. The molecule has 0 spiro atoms. The average molecular weight is 275 g/mol. The van der Waals surface area contributed by atoms with E-state index in [-0.39, 0.29) is 0 Å². The van der Waals surface area contributed by atoms with E-state index in [1.54, 1.807) is 32.2 Å². The number of benzene rings is 1. The quantitative estimate of drug-likeness (QED) is 0.797. The van der Waals surface area contributed by atoms with E-state index in [1.165, 1.54) is 4.57 Å². The van der Waals surface area contributed by atoms with Gasteiger partial charge < -0.3 is 9.30 Å². The first-order valence-electron chi connectivity index (χ1n) is 5.49. The summed E-state index contributed by atoms with van der Waals surface area (Å²) in [4.78, 5) is 4.29. The second-order valence-corrected chi connectivity index (χ2v) is 4.60. The number of hydrogen-bond acceptors (Lipinski definition) is 2.